The second-order valence-electron chi connectivity index (χ2n) is 12.4. The van der Waals surface area contributed by atoms with E-state index in [4.69, 9.17) is 0 Å². The molecule has 1 aliphatic heterocycles. The lowest BCUT2D eigenvalue weighted by atomic mass is 9.96. The Morgan fingerprint density at radius 1 is 1.02 bits per heavy atom. The van der Waals surface area contributed by atoms with Crippen LogP contribution in [0, 0.1) is 26.2 Å². The van der Waals surface area contributed by atoms with Crippen molar-refractivity contribution in [2.24, 2.45) is 5.41 Å². The van der Waals surface area contributed by atoms with E-state index in [-0.39, 0.29) is 47.6 Å². The van der Waals surface area contributed by atoms with Crippen molar-refractivity contribution in [3.05, 3.63) is 71.1 Å². The lowest BCUT2D eigenvalue weighted by Gasteiger charge is -2.27. The number of alkyl halides is 3. The number of Topliss-reactive ketones (excluding diaryl/α,β-unsaturated/α-hetero) is 2. The molecule has 45 heavy (non-hydrogen) atoms. The molecule has 1 saturated heterocycles. The van der Waals surface area contributed by atoms with E-state index in [0.29, 0.717) is 28.8 Å². The van der Waals surface area contributed by atoms with Crippen molar-refractivity contribution in [2.45, 2.75) is 78.9 Å². The fourth-order valence-electron chi connectivity index (χ4n) is 6.60. The summed E-state index contributed by atoms with van der Waals surface area (Å²) in [6, 6.07) is 5.55. The van der Waals surface area contributed by atoms with Crippen molar-refractivity contribution in [2.75, 3.05) is 0 Å². The molecule has 0 radical (unpaired) electrons. The average molecular weight is 620 g/mol. The molecule has 0 bridgehead atoms. The number of aromatic nitrogens is 4. The smallest absolute Gasteiger partial charge is 0.388 e. The molecular formula is C33H32F3N5O4. The fraction of sp³-hybridized carbons (Fsp3) is 0.394. The summed E-state index contributed by atoms with van der Waals surface area (Å²) in [5, 5.41) is 0.707. The van der Waals surface area contributed by atoms with Crippen molar-refractivity contribution in [3.63, 3.8) is 0 Å². The van der Waals surface area contributed by atoms with E-state index in [1.807, 2.05) is 26.0 Å². The molecule has 1 amide bonds. The van der Waals surface area contributed by atoms with E-state index in [1.54, 1.807) is 41.9 Å². The van der Waals surface area contributed by atoms with Crippen molar-refractivity contribution < 1.29 is 32.3 Å². The third-order valence-corrected chi connectivity index (χ3v) is 9.00. The van der Waals surface area contributed by atoms with Crippen molar-refractivity contribution in [1.82, 2.24) is 24.4 Å². The molecule has 0 N–H and O–H groups in total. The van der Waals surface area contributed by atoms with Gasteiger partial charge in [0.15, 0.2) is 11.6 Å². The highest BCUT2D eigenvalue weighted by molar-refractivity contribution is 6.09. The Kier molecular flexibility index (Phi) is 7.29. The largest absolute Gasteiger partial charge is 0.574 e. The highest BCUT2D eigenvalue weighted by Gasteiger charge is 2.64. The number of likely N-dealkylation sites (tertiary alicyclic amines) is 1. The third kappa shape index (κ3) is 5.81. The molecule has 2 fully saturated rings. The van der Waals surface area contributed by atoms with Crippen molar-refractivity contribution >= 4 is 28.4 Å². The molecule has 2 aliphatic rings. The molecule has 3 aromatic heterocycles. The maximum absolute atomic E-state index is 14.0. The molecule has 4 aromatic rings. The fourth-order valence-corrected chi connectivity index (χ4v) is 6.60. The zero-order chi connectivity index (χ0) is 32.4. The van der Waals surface area contributed by atoms with Crippen LogP contribution in [0.2, 0.25) is 0 Å². The summed E-state index contributed by atoms with van der Waals surface area (Å²) in [6.07, 6.45) is 1.23. The number of amides is 1. The van der Waals surface area contributed by atoms with Gasteiger partial charge in [0.1, 0.15) is 12.4 Å². The van der Waals surface area contributed by atoms with Crippen LogP contribution in [0.5, 0.6) is 5.88 Å². The molecule has 1 aromatic carbocycles. The van der Waals surface area contributed by atoms with Gasteiger partial charge in [0.05, 0.1) is 23.7 Å². The molecule has 1 aliphatic carbocycles. The molecular weight excluding hydrogens is 587 g/mol. The van der Waals surface area contributed by atoms with Crippen LogP contribution in [0.1, 0.15) is 59.7 Å². The molecule has 3 atom stereocenters. The van der Waals surface area contributed by atoms with Gasteiger partial charge in [-0.3, -0.25) is 14.4 Å². The highest BCUT2D eigenvalue weighted by atomic mass is 19.4. The monoisotopic (exact) mass is 619 g/mol. The zero-order valence-corrected chi connectivity index (χ0v) is 25.5. The van der Waals surface area contributed by atoms with Gasteiger partial charge >= 0.3 is 6.36 Å². The summed E-state index contributed by atoms with van der Waals surface area (Å²) in [5.41, 5.74) is 4.24. The minimum Gasteiger partial charge on any atom is -0.388 e. The first-order valence-corrected chi connectivity index (χ1v) is 14.6. The molecule has 234 valence electrons. The van der Waals surface area contributed by atoms with Gasteiger partial charge in [-0.15, -0.1) is 13.2 Å². The maximum atomic E-state index is 14.0. The molecule has 1 saturated carbocycles. The van der Waals surface area contributed by atoms with Crippen LogP contribution in [-0.4, -0.2) is 60.3 Å². The number of pyridine rings is 1. The molecule has 0 spiro atoms. The Hall–Kier alpha value is -4.61. The third-order valence-electron chi connectivity index (χ3n) is 9.00. The molecule has 9 nitrogen and oxygen atoms in total. The number of carbonyl (C=O) groups is 3. The molecule has 12 heteroatoms. The van der Waals surface area contributed by atoms with Gasteiger partial charge < -0.3 is 14.2 Å². The lowest BCUT2D eigenvalue weighted by Crippen LogP contribution is -2.45. The number of piperidine rings is 1. The average Bonchev–Trinajstić information content (AvgIpc) is 3.30. The zero-order valence-electron chi connectivity index (χ0n) is 25.5. The number of aryl methyl sites for hydroxylation is 3. The van der Waals surface area contributed by atoms with Crippen LogP contribution in [0.15, 0.2) is 42.9 Å². The van der Waals surface area contributed by atoms with E-state index < -0.39 is 18.3 Å². The first-order valence-electron chi connectivity index (χ1n) is 14.6. The van der Waals surface area contributed by atoms with E-state index >= 15 is 0 Å². The van der Waals surface area contributed by atoms with Crippen LogP contribution >= 0.6 is 0 Å². The van der Waals surface area contributed by atoms with Gasteiger partial charge in [-0.05, 0) is 74.8 Å². The number of ether oxygens (including phenoxy) is 1. The van der Waals surface area contributed by atoms with Gasteiger partial charge in [-0.25, -0.2) is 15.0 Å². The van der Waals surface area contributed by atoms with Gasteiger partial charge in [0, 0.05) is 47.2 Å². The van der Waals surface area contributed by atoms with Gasteiger partial charge in [-0.2, -0.15) is 0 Å². The first kappa shape index (κ1) is 30.4. The number of hydrogen-bond acceptors (Lipinski definition) is 7. The van der Waals surface area contributed by atoms with Gasteiger partial charge in [-0.1, -0.05) is 13.0 Å². The normalized spacial score (nSPS) is 20.8. The lowest BCUT2D eigenvalue weighted by molar-refractivity contribution is -0.276. The van der Waals surface area contributed by atoms with E-state index in [0.717, 1.165) is 34.7 Å². The van der Waals surface area contributed by atoms with Crippen molar-refractivity contribution in [1.29, 1.82) is 0 Å². The van der Waals surface area contributed by atoms with Crippen molar-refractivity contribution in [3.8, 4) is 17.0 Å². The summed E-state index contributed by atoms with van der Waals surface area (Å²) < 4.78 is 44.0. The highest BCUT2D eigenvalue weighted by Crippen LogP contribution is 2.59. The number of carbonyl (C=O) groups excluding carboxylic acids is 3. The Morgan fingerprint density at radius 3 is 2.40 bits per heavy atom. The summed E-state index contributed by atoms with van der Waals surface area (Å²) in [7, 11) is 0. The second kappa shape index (κ2) is 10.8. The van der Waals surface area contributed by atoms with Gasteiger partial charge in [0.2, 0.25) is 11.8 Å². The number of ketones is 2. The van der Waals surface area contributed by atoms with Crippen LogP contribution < -0.4 is 4.74 Å². The van der Waals surface area contributed by atoms with Crippen LogP contribution in [0.4, 0.5) is 13.2 Å². The van der Waals surface area contributed by atoms with E-state index in [9.17, 15) is 27.6 Å². The van der Waals surface area contributed by atoms with E-state index in [1.165, 1.54) is 13.0 Å². The number of halogens is 3. The first-order chi connectivity index (χ1) is 21.1. The Labute approximate surface area is 257 Å². The summed E-state index contributed by atoms with van der Waals surface area (Å²) in [6.45, 7) is 8.80. The number of rotatable bonds is 8. The van der Waals surface area contributed by atoms with Gasteiger partial charge in [0.25, 0.3) is 0 Å². The van der Waals surface area contributed by atoms with E-state index in [2.05, 4.69) is 19.7 Å². The Morgan fingerprint density at radius 2 is 1.73 bits per heavy atom. The molecule has 6 rings (SSSR count). The topological polar surface area (TPSA) is 107 Å². The maximum Gasteiger partial charge on any atom is 0.574 e. The summed E-state index contributed by atoms with van der Waals surface area (Å²) in [4.78, 5) is 54.5. The number of fused-ring (bicyclic) bond motifs is 2. The second-order valence-corrected chi connectivity index (χ2v) is 12.4. The number of hydrogen-bond donors (Lipinski definition) is 0. The minimum absolute atomic E-state index is 0.0832. The summed E-state index contributed by atoms with van der Waals surface area (Å²) in [5.74, 6) is -0.697. The standard InChI is InChI=1S/C33H32F3N5O4/c1-17-6-7-29(45-33(34,35)36)39-25(17)10-27(43)26-11-32(5)12-28(32)41(26)30(44)16-40-15-24(19(3)42)23-9-21(8-18(2)31(23)40)22-13-37-20(4)38-14-22/h6-9,13-15,26,28H,10-12,16H2,1-5H3/t26-,28+,32-/m0/s1. The Bertz CT molecular complexity index is 1870. The van der Waals surface area contributed by atoms with Crippen LogP contribution in [0.25, 0.3) is 22.0 Å². The number of benzene rings is 1. The predicted molar refractivity (Wildman–Crippen MR) is 159 cm³/mol. The Balaban J connectivity index is 1.28. The SMILES string of the molecule is CC(=O)c1cn(CC(=O)N2[C@H](C(=O)Cc3nc(OC(F)(F)F)ccc3C)C[C@@]3(C)C[C@@H]23)c2c(C)cc(-c3cnc(C)nc3)cc12. The minimum atomic E-state index is -4.91. The summed E-state index contributed by atoms with van der Waals surface area (Å²) >= 11 is 0. The molecule has 4 heterocycles. The van der Waals surface area contributed by atoms with Crippen LogP contribution in [-0.2, 0) is 22.6 Å². The number of nitrogens with zero attached hydrogens (tertiary/aromatic N) is 5. The quantitative estimate of drug-likeness (QED) is 0.233. The predicted octanol–water partition coefficient (Wildman–Crippen LogP) is 5.71. The molecule has 0 unspecified atom stereocenters. The van der Waals surface area contributed by atoms with Crippen LogP contribution in [0.3, 0.4) is 0 Å².